The van der Waals surface area contributed by atoms with Crippen LogP contribution in [0.4, 0.5) is 10.1 Å². The van der Waals surface area contributed by atoms with E-state index in [4.69, 9.17) is 4.74 Å². The number of halogens is 1. The minimum Gasteiger partial charge on any atom is -0.423 e. The zero-order valence-corrected chi connectivity index (χ0v) is 15.2. The number of hydrogen-bond acceptors (Lipinski definition) is 4. The summed E-state index contributed by atoms with van der Waals surface area (Å²) in [7, 11) is 0. The van der Waals surface area contributed by atoms with Crippen molar-refractivity contribution < 1.29 is 23.5 Å². The van der Waals surface area contributed by atoms with Gasteiger partial charge in [-0.2, -0.15) is 0 Å². The van der Waals surface area contributed by atoms with Crippen LogP contribution in [0.2, 0.25) is 0 Å². The Kier molecular flexibility index (Phi) is 4.55. The molecular weight excluding hydrogens is 361 g/mol. The van der Waals surface area contributed by atoms with Gasteiger partial charge in [0.2, 0.25) is 11.8 Å². The third-order valence-electron chi connectivity index (χ3n) is 5.25. The number of ether oxygens (including phenoxy) is 1. The van der Waals surface area contributed by atoms with Crippen molar-refractivity contribution in [3.63, 3.8) is 0 Å². The predicted molar refractivity (Wildman–Crippen MR) is 100 cm³/mol. The van der Waals surface area contributed by atoms with Crippen molar-refractivity contribution in [2.45, 2.75) is 13.3 Å². The van der Waals surface area contributed by atoms with Crippen molar-refractivity contribution in [2.24, 2.45) is 17.8 Å². The van der Waals surface area contributed by atoms with Crippen LogP contribution in [0.1, 0.15) is 23.7 Å². The molecule has 2 aliphatic rings. The van der Waals surface area contributed by atoms with Gasteiger partial charge < -0.3 is 4.74 Å². The fraction of sp³-hybridized carbons (Fsp3) is 0.227. The van der Waals surface area contributed by atoms with E-state index in [1.165, 1.54) is 41.3 Å². The Morgan fingerprint density at radius 1 is 1.11 bits per heavy atom. The van der Waals surface area contributed by atoms with Gasteiger partial charge in [0.25, 0.3) is 0 Å². The number of carbonyl (C=O) groups excluding carboxylic acids is 3. The summed E-state index contributed by atoms with van der Waals surface area (Å²) >= 11 is 0. The topological polar surface area (TPSA) is 63.7 Å². The molecule has 1 aliphatic heterocycles. The summed E-state index contributed by atoms with van der Waals surface area (Å²) in [5.74, 6) is -2.64. The van der Waals surface area contributed by atoms with Crippen LogP contribution >= 0.6 is 0 Å². The number of fused-ring (bicyclic) bond motifs is 1. The van der Waals surface area contributed by atoms with Gasteiger partial charge in [-0.05, 0) is 36.6 Å². The van der Waals surface area contributed by atoms with Crippen molar-refractivity contribution >= 4 is 23.5 Å². The maximum atomic E-state index is 13.8. The summed E-state index contributed by atoms with van der Waals surface area (Å²) in [4.78, 5) is 39.1. The summed E-state index contributed by atoms with van der Waals surface area (Å²) < 4.78 is 19.0. The number of imide groups is 1. The van der Waals surface area contributed by atoms with Gasteiger partial charge in [0.15, 0.2) is 0 Å². The highest BCUT2D eigenvalue weighted by Gasteiger charge is 2.50. The van der Waals surface area contributed by atoms with Crippen molar-refractivity contribution in [3.8, 4) is 5.75 Å². The zero-order valence-electron chi connectivity index (χ0n) is 15.2. The molecule has 6 heteroatoms. The first-order chi connectivity index (χ1) is 13.5. The SMILES string of the molecule is C[C@@H]1C=CC[C@H]2C(=O)N(c3cccc(OC(=O)c4ccccc4F)c3)C(=O)[C@H]12. The Balaban J connectivity index is 1.59. The summed E-state index contributed by atoms with van der Waals surface area (Å²) in [6.07, 6.45) is 4.44. The number of nitrogens with zero attached hydrogens (tertiary/aromatic N) is 1. The lowest BCUT2D eigenvalue weighted by Crippen LogP contribution is -2.31. The van der Waals surface area contributed by atoms with E-state index in [-0.39, 0.29) is 40.9 Å². The third-order valence-corrected chi connectivity index (χ3v) is 5.25. The molecule has 2 amide bonds. The molecule has 1 fully saturated rings. The molecule has 142 valence electrons. The van der Waals surface area contributed by atoms with Crippen LogP contribution in [-0.2, 0) is 9.59 Å². The van der Waals surface area contributed by atoms with Crippen LogP contribution in [0, 0.1) is 23.6 Å². The number of carbonyl (C=O) groups is 3. The number of esters is 1. The number of amides is 2. The Bertz CT molecular complexity index is 1000. The second-order valence-corrected chi connectivity index (χ2v) is 7.03. The average Bonchev–Trinajstić information content (AvgIpc) is 2.94. The van der Waals surface area contributed by atoms with E-state index in [9.17, 15) is 18.8 Å². The largest absolute Gasteiger partial charge is 0.423 e. The van der Waals surface area contributed by atoms with Crippen LogP contribution < -0.4 is 9.64 Å². The normalized spacial score (nSPS) is 23.6. The van der Waals surface area contributed by atoms with E-state index < -0.39 is 11.8 Å². The van der Waals surface area contributed by atoms with Gasteiger partial charge in [0, 0.05) is 6.07 Å². The second-order valence-electron chi connectivity index (χ2n) is 7.03. The minimum atomic E-state index is -0.846. The molecule has 1 saturated heterocycles. The number of hydrogen-bond donors (Lipinski definition) is 0. The van der Waals surface area contributed by atoms with Gasteiger partial charge in [0.1, 0.15) is 11.6 Å². The molecule has 5 nitrogen and oxygen atoms in total. The Labute approximate surface area is 161 Å². The number of rotatable bonds is 3. The van der Waals surface area contributed by atoms with Gasteiger partial charge in [-0.15, -0.1) is 0 Å². The Hall–Kier alpha value is -3.28. The molecule has 0 radical (unpaired) electrons. The van der Waals surface area contributed by atoms with Crippen molar-refractivity contribution in [3.05, 3.63) is 72.1 Å². The van der Waals surface area contributed by atoms with E-state index in [0.717, 1.165) is 0 Å². The molecule has 1 heterocycles. The maximum absolute atomic E-state index is 13.8. The zero-order chi connectivity index (χ0) is 19.8. The molecule has 0 saturated carbocycles. The summed E-state index contributed by atoms with van der Waals surface area (Å²) in [5, 5.41) is 0. The molecule has 2 aromatic carbocycles. The van der Waals surface area contributed by atoms with Crippen molar-refractivity contribution in [1.29, 1.82) is 0 Å². The molecule has 0 N–H and O–H groups in total. The quantitative estimate of drug-likeness (QED) is 0.353. The maximum Gasteiger partial charge on any atom is 0.346 e. The first-order valence-corrected chi connectivity index (χ1v) is 9.08. The van der Waals surface area contributed by atoms with Crippen LogP contribution in [0.3, 0.4) is 0 Å². The van der Waals surface area contributed by atoms with Gasteiger partial charge in [-0.25, -0.2) is 14.1 Å². The summed E-state index contributed by atoms with van der Waals surface area (Å²) in [5.41, 5.74) is 0.155. The highest BCUT2D eigenvalue weighted by molar-refractivity contribution is 6.22. The molecule has 0 unspecified atom stereocenters. The van der Waals surface area contributed by atoms with Crippen LogP contribution in [0.5, 0.6) is 5.75 Å². The summed E-state index contributed by atoms with van der Waals surface area (Å²) in [6.45, 7) is 1.93. The van der Waals surface area contributed by atoms with Gasteiger partial charge in [-0.1, -0.05) is 37.3 Å². The summed E-state index contributed by atoms with van der Waals surface area (Å²) in [6, 6.07) is 11.7. The fourth-order valence-electron chi connectivity index (χ4n) is 3.88. The van der Waals surface area contributed by atoms with Crippen LogP contribution in [-0.4, -0.2) is 17.8 Å². The second kappa shape index (κ2) is 7.03. The highest BCUT2D eigenvalue weighted by atomic mass is 19.1. The van der Waals surface area contributed by atoms with Crippen LogP contribution in [0.25, 0.3) is 0 Å². The van der Waals surface area contributed by atoms with Gasteiger partial charge >= 0.3 is 5.97 Å². The Morgan fingerprint density at radius 2 is 1.89 bits per heavy atom. The molecule has 0 spiro atoms. The Morgan fingerprint density at radius 3 is 2.64 bits per heavy atom. The van der Waals surface area contributed by atoms with Crippen molar-refractivity contribution in [2.75, 3.05) is 4.90 Å². The number of benzene rings is 2. The van der Waals surface area contributed by atoms with E-state index >= 15 is 0 Å². The van der Waals surface area contributed by atoms with E-state index in [1.54, 1.807) is 12.1 Å². The lowest BCUT2D eigenvalue weighted by Gasteiger charge is -2.22. The first kappa shape index (κ1) is 18.1. The molecular formula is C22H18FNO4. The molecule has 3 atom stereocenters. The molecule has 4 rings (SSSR count). The average molecular weight is 379 g/mol. The van der Waals surface area contributed by atoms with E-state index in [0.29, 0.717) is 12.1 Å². The minimum absolute atomic E-state index is 0.0118. The van der Waals surface area contributed by atoms with Gasteiger partial charge in [-0.3, -0.25) is 9.59 Å². The van der Waals surface area contributed by atoms with E-state index in [1.807, 2.05) is 19.1 Å². The van der Waals surface area contributed by atoms with Crippen LogP contribution in [0.15, 0.2) is 60.7 Å². The molecule has 1 aliphatic carbocycles. The fourth-order valence-corrected chi connectivity index (χ4v) is 3.88. The lowest BCUT2D eigenvalue weighted by molar-refractivity contribution is -0.122. The number of allylic oxidation sites excluding steroid dienone is 2. The van der Waals surface area contributed by atoms with E-state index in [2.05, 4.69) is 0 Å². The monoisotopic (exact) mass is 379 g/mol. The standard InChI is InChI=1S/C22H18FNO4/c1-13-6-4-10-17-19(13)21(26)24(20(17)25)14-7-5-8-15(12-14)28-22(27)16-9-2-3-11-18(16)23/h2-9,11-13,17,19H,10H2,1H3/t13-,17-,19-/m1/s1. The van der Waals surface area contributed by atoms with Crippen molar-refractivity contribution in [1.82, 2.24) is 0 Å². The molecule has 2 aromatic rings. The third kappa shape index (κ3) is 3.01. The molecule has 0 bridgehead atoms. The smallest absolute Gasteiger partial charge is 0.346 e. The van der Waals surface area contributed by atoms with Gasteiger partial charge in [0.05, 0.1) is 23.1 Å². The lowest BCUT2D eigenvalue weighted by atomic mass is 9.78. The molecule has 0 aromatic heterocycles. The predicted octanol–water partition coefficient (Wildman–Crippen LogP) is 3.75. The first-order valence-electron chi connectivity index (χ1n) is 9.08. The highest BCUT2D eigenvalue weighted by Crippen LogP contribution is 2.40. The number of anilines is 1. The molecule has 28 heavy (non-hydrogen) atoms.